The Kier molecular flexibility index (Phi) is 2.69. The molecule has 13 heavy (non-hydrogen) atoms. The summed E-state index contributed by atoms with van der Waals surface area (Å²) in [7, 11) is 0. The van der Waals surface area contributed by atoms with Gasteiger partial charge < -0.3 is 0 Å². The van der Waals surface area contributed by atoms with E-state index in [0.717, 1.165) is 0 Å². The monoisotopic (exact) mass is 186 g/mol. The quantitative estimate of drug-likeness (QED) is 0.670. The molecule has 0 saturated carbocycles. The number of hydrogen-bond donors (Lipinski definition) is 0. The summed E-state index contributed by atoms with van der Waals surface area (Å²) >= 11 is 0. The lowest BCUT2D eigenvalue weighted by Gasteiger charge is -2.25. The topological polar surface area (TPSA) is 60.1 Å². The van der Waals surface area contributed by atoms with Crippen LogP contribution in [0.3, 0.4) is 0 Å². The van der Waals surface area contributed by atoms with E-state index in [0.29, 0.717) is 0 Å². The molecule has 0 bridgehead atoms. The van der Waals surface area contributed by atoms with Crippen molar-refractivity contribution < 1.29 is 4.39 Å². The van der Waals surface area contributed by atoms with Crippen LogP contribution in [0.1, 0.15) is 20.0 Å². The molecule has 6 heteroatoms. The minimum absolute atomic E-state index is 0.636. The van der Waals surface area contributed by atoms with E-state index in [2.05, 4.69) is 15.3 Å². The third-order valence-electron chi connectivity index (χ3n) is 1.83. The molecule has 0 aliphatic rings. The first-order chi connectivity index (χ1) is 6.11. The van der Waals surface area contributed by atoms with Crippen molar-refractivity contribution in [3.05, 3.63) is 17.6 Å². The highest BCUT2D eigenvalue weighted by Crippen LogP contribution is 2.31. The highest BCUT2D eigenvalue weighted by atomic mass is 19.1. The van der Waals surface area contributed by atoms with Crippen LogP contribution in [0.15, 0.2) is 17.8 Å². The van der Waals surface area contributed by atoms with Crippen LogP contribution >= 0.6 is 0 Å². The van der Waals surface area contributed by atoms with Gasteiger partial charge in [0.25, 0.3) is 0 Å². The van der Waals surface area contributed by atoms with Gasteiger partial charge in [-0.3, -0.25) is 4.39 Å². The highest BCUT2D eigenvalue weighted by Gasteiger charge is 2.33. The lowest BCUT2D eigenvalue weighted by atomic mass is 9.92. The first-order valence-electron chi connectivity index (χ1n) is 3.84. The molecule has 1 aromatic heterocycles. The first kappa shape index (κ1) is 9.76. The zero-order chi connectivity index (χ0) is 9.90. The molecule has 0 aliphatic heterocycles. The molecule has 1 atom stereocenters. The maximum atomic E-state index is 12.5. The van der Waals surface area contributed by atoms with Crippen molar-refractivity contribution in [3.63, 3.8) is 0 Å². The van der Waals surface area contributed by atoms with Crippen molar-refractivity contribution in [2.75, 3.05) is 6.67 Å². The van der Waals surface area contributed by atoms with Crippen molar-refractivity contribution in [1.29, 1.82) is 0 Å². The molecule has 0 aromatic carbocycles. The molecule has 0 saturated heterocycles. The summed E-state index contributed by atoms with van der Waals surface area (Å²) in [4.78, 5) is 14.2. The molecule has 1 aromatic rings. The molecule has 1 rings (SSSR count). The summed E-state index contributed by atoms with van der Waals surface area (Å²) in [5, 5.41) is 6.59. The van der Waals surface area contributed by atoms with E-state index in [1.54, 1.807) is 13.8 Å². The molecule has 0 radical (unpaired) electrons. The second-order valence-corrected chi connectivity index (χ2v) is 3.48. The SMILES string of the molecule is CC(C)(CF)C(N=O)n1cncn1. The summed E-state index contributed by atoms with van der Waals surface area (Å²) in [6, 6.07) is 0. The molecule has 0 N–H and O–H groups in total. The molecule has 1 unspecified atom stereocenters. The Balaban J connectivity index is 2.92. The molecular formula is C7H11FN4O. The summed E-state index contributed by atoms with van der Waals surface area (Å²) in [6.07, 6.45) is 1.79. The van der Waals surface area contributed by atoms with E-state index in [1.807, 2.05) is 0 Å². The lowest BCUT2D eigenvalue weighted by molar-refractivity contribution is 0.155. The van der Waals surface area contributed by atoms with Gasteiger partial charge in [0, 0.05) is 5.41 Å². The average Bonchev–Trinajstić information content (AvgIpc) is 2.58. The second-order valence-electron chi connectivity index (χ2n) is 3.48. The number of aromatic nitrogens is 3. The lowest BCUT2D eigenvalue weighted by Crippen LogP contribution is -2.27. The van der Waals surface area contributed by atoms with Gasteiger partial charge in [0.05, 0.1) is 6.67 Å². The van der Waals surface area contributed by atoms with Gasteiger partial charge in [0.2, 0.25) is 0 Å². The Morgan fingerprint density at radius 2 is 2.38 bits per heavy atom. The van der Waals surface area contributed by atoms with Gasteiger partial charge >= 0.3 is 0 Å². The number of nitroso groups, excluding NO2 is 1. The van der Waals surface area contributed by atoms with Crippen molar-refractivity contribution in [2.45, 2.75) is 20.0 Å². The number of hydrogen-bond acceptors (Lipinski definition) is 4. The van der Waals surface area contributed by atoms with E-state index >= 15 is 0 Å². The van der Waals surface area contributed by atoms with Gasteiger partial charge in [-0.05, 0) is 5.18 Å². The van der Waals surface area contributed by atoms with Crippen molar-refractivity contribution in [2.24, 2.45) is 10.6 Å². The minimum Gasteiger partial charge on any atom is -0.250 e. The van der Waals surface area contributed by atoms with E-state index < -0.39 is 18.3 Å². The van der Waals surface area contributed by atoms with Crippen molar-refractivity contribution >= 4 is 0 Å². The molecule has 0 amide bonds. The number of halogens is 1. The zero-order valence-electron chi connectivity index (χ0n) is 7.51. The molecule has 5 nitrogen and oxygen atoms in total. The van der Waals surface area contributed by atoms with Crippen LogP contribution in [0, 0.1) is 10.3 Å². The predicted octanol–water partition coefficient (Wildman–Crippen LogP) is 1.54. The average molecular weight is 186 g/mol. The summed E-state index contributed by atoms with van der Waals surface area (Å²) < 4.78 is 13.8. The maximum Gasteiger partial charge on any atom is 0.192 e. The molecule has 1 heterocycles. The summed E-state index contributed by atoms with van der Waals surface area (Å²) in [6.45, 7) is 2.59. The Labute approximate surface area is 74.9 Å². The summed E-state index contributed by atoms with van der Waals surface area (Å²) in [5.41, 5.74) is -0.852. The molecule has 0 spiro atoms. The normalized spacial score (nSPS) is 14.1. The van der Waals surface area contributed by atoms with Crippen LogP contribution in [0.2, 0.25) is 0 Å². The number of alkyl halides is 1. The van der Waals surface area contributed by atoms with Crippen LogP contribution in [-0.4, -0.2) is 21.4 Å². The van der Waals surface area contributed by atoms with Gasteiger partial charge in [-0.1, -0.05) is 13.8 Å². The number of nitrogens with zero attached hydrogens (tertiary/aromatic N) is 4. The van der Waals surface area contributed by atoms with E-state index in [-0.39, 0.29) is 0 Å². The van der Waals surface area contributed by atoms with E-state index in [9.17, 15) is 9.30 Å². The maximum absolute atomic E-state index is 12.5. The third kappa shape index (κ3) is 1.88. The predicted molar refractivity (Wildman–Crippen MR) is 44.6 cm³/mol. The van der Waals surface area contributed by atoms with E-state index in [1.165, 1.54) is 17.3 Å². The smallest absolute Gasteiger partial charge is 0.192 e. The number of rotatable bonds is 4. The van der Waals surface area contributed by atoms with Crippen LogP contribution in [0.25, 0.3) is 0 Å². The van der Waals surface area contributed by atoms with Gasteiger partial charge in [0.1, 0.15) is 12.7 Å². The van der Waals surface area contributed by atoms with Gasteiger partial charge in [-0.15, -0.1) is 4.91 Å². The molecule has 72 valence electrons. The van der Waals surface area contributed by atoms with Crippen molar-refractivity contribution in [3.8, 4) is 0 Å². The van der Waals surface area contributed by atoms with Crippen LogP contribution in [0.4, 0.5) is 4.39 Å². The second kappa shape index (κ2) is 3.59. The summed E-state index contributed by atoms with van der Waals surface area (Å²) in [5.74, 6) is 0. The van der Waals surface area contributed by atoms with Crippen molar-refractivity contribution in [1.82, 2.24) is 14.8 Å². The Morgan fingerprint density at radius 3 is 2.77 bits per heavy atom. The van der Waals surface area contributed by atoms with Crippen LogP contribution in [-0.2, 0) is 0 Å². The largest absolute Gasteiger partial charge is 0.250 e. The zero-order valence-corrected chi connectivity index (χ0v) is 7.51. The molecule has 0 aliphatic carbocycles. The Bertz CT molecular complexity index is 272. The Morgan fingerprint density at radius 1 is 1.69 bits per heavy atom. The molecular weight excluding hydrogens is 175 g/mol. The van der Waals surface area contributed by atoms with Gasteiger partial charge in [-0.2, -0.15) is 5.10 Å². The standard InChI is InChI=1S/C7H11FN4O/c1-7(2,3-8)6(11-13)12-5-9-4-10-12/h4-6H,3H2,1-2H3. The third-order valence-corrected chi connectivity index (χ3v) is 1.83. The fraction of sp³-hybridized carbons (Fsp3) is 0.714. The van der Waals surface area contributed by atoms with E-state index in [4.69, 9.17) is 0 Å². The Hall–Kier alpha value is -1.33. The highest BCUT2D eigenvalue weighted by molar-refractivity contribution is 4.80. The van der Waals surface area contributed by atoms with Gasteiger partial charge in [-0.25, -0.2) is 9.67 Å². The minimum atomic E-state index is -0.852. The fourth-order valence-electron chi connectivity index (χ4n) is 0.962. The van der Waals surface area contributed by atoms with Crippen LogP contribution < -0.4 is 0 Å². The molecule has 0 fully saturated rings. The van der Waals surface area contributed by atoms with Crippen LogP contribution in [0.5, 0.6) is 0 Å². The van der Waals surface area contributed by atoms with Gasteiger partial charge in [0.15, 0.2) is 6.17 Å². The fourth-order valence-corrected chi connectivity index (χ4v) is 0.962. The first-order valence-corrected chi connectivity index (χ1v) is 3.84.